The highest BCUT2D eigenvalue weighted by Gasteiger charge is 2.11. The number of aryl methyl sites for hydroxylation is 1. The standard InChI is InChI=1S/C17H18/c1-13-11-12-14-7-5-6-10-16(14)17(13)15-8-3-2-4-9-15/h5-8,10-12H,2-4,9H2,1H3. The summed E-state index contributed by atoms with van der Waals surface area (Å²) in [5.41, 5.74) is 4.46. The smallest absolute Gasteiger partial charge is 0.0106 e. The van der Waals surface area contributed by atoms with Crippen LogP contribution in [0, 0.1) is 6.92 Å². The Morgan fingerprint density at radius 2 is 1.82 bits per heavy atom. The molecule has 0 nitrogen and oxygen atoms in total. The summed E-state index contributed by atoms with van der Waals surface area (Å²) in [6, 6.07) is 13.2. The van der Waals surface area contributed by atoms with E-state index in [9.17, 15) is 0 Å². The van der Waals surface area contributed by atoms with Gasteiger partial charge in [0.2, 0.25) is 0 Å². The second-order valence-electron chi connectivity index (χ2n) is 4.95. The summed E-state index contributed by atoms with van der Waals surface area (Å²) in [6.07, 6.45) is 7.63. The Labute approximate surface area is 103 Å². The van der Waals surface area contributed by atoms with E-state index in [0.29, 0.717) is 0 Å². The van der Waals surface area contributed by atoms with Crippen LogP contribution in [-0.2, 0) is 0 Å². The van der Waals surface area contributed by atoms with Gasteiger partial charge in [-0.1, -0.05) is 42.5 Å². The van der Waals surface area contributed by atoms with Crippen LogP contribution in [0.15, 0.2) is 42.5 Å². The number of rotatable bonds is 1. The van der Waals surface area contributed by atoms with Gasteiger partial charge in [-0.25, -0.2) is 0 Å². The molecule has 0 aliphatic heterocycles. The predicted molar refractivity (Wildman–Crippen MR) is 75.1 cm³/mol. The molecule has 0 N–H and O–H groups in total. The minimum absolute atomic E-state index is 1.24. The molecule has 0 spiro atoms. The van der Waals surface area contributed by atoms with Gasteiger partial charge in [0, 0.05) is 0 Å². The highest BCUT2D eigenvalue weighted by molar-refractivity contribution is 5.95. The van der Waals surface area contributed by atoms with Crippen molar-refractivity contribution >= 4 is 16.3 Å². The van der Waals surface area contributed by atoms with Crippen molar-refractivity contribution in [2.45, 2.75) is 32.6 Å². The van der Waals surface area contributed by atoms with Crippen LogP contribution in [0.1, 0.15) is 36.8 Å². The summed E-state index contributed by atoms with van der Waals surface area (Å²) in [5, 5.41) is 2.78. The zero-order valence-electron chi connectivity index (χ0n) is 10.4. The SMILES string of the molecule is Cc1ccc2ccccc2c1C1=CCCCC1. The number of hydrogen-bond acceptors (Lipinski definition) is 0. The third kappa shape index (κ3) is 1.88. The molecule has 0 heterocycles. The second-order valence-corrected chi connectivity index (χ2v) is 4.95. The number of benzene rings is 2. The molecule has 2 aromatic rings. The fourth-order valence-corrected chi connectivity index (χ4v) is 2.87. The summed E-state index contributed by atoms with van der Waals surface area (Å²) >= 11 is 0. The monoisotopic (exact) mass is 222 g/mol. The lowest BCUT2D eigenvalue weighted by molar-refractivity contribution is 0.742. The molecule has 1 aliphatic carbocycles. The third-order valence-electron chi connectivity index (χ3n) is 3.75. The van der Waals surface area contributed by atoms with E-state index in [1.807, 2.05) is 0 Å². The van der Waals surface area contributed by atoms with Crippen molar-refractivity contribution in [2.75, 3.05) is 0 Å². The molecule has 1 aliphatic rings. The van der Waals surface area contributed by atoms with E-state index in [0.717, 1.165) is 0 Å². The Hall–Kier alpha value is -1.56. The molecule has 0 fully saturated rings. The Morgan fingerprint density at radius 3 is 2.65 bits per heavy atom. The van der Waals surface area contributed by atoms with E-state index in [4.69, 9.17) is 0 Å². The molecule has 17 heavy (non-hydrogen) atoms. The summed E-state index contributed by atoms with van der Waals surface area (Å²) in [4.78, 5) is 0. The van der Waals surface area contributed by atoms with Crippen LogP contribution in [0.25, 0.3) is 16.3 Å². The molecule has 0 bridgehead atoms. The summed E-state index contributed by atoms with van der Waals surface area (Å²) in [6.45, 7) is 2.23. The molecule has 0 atom stereocenters. The zero-order chi connectivity index (χ0) is 11.7. The first-order valence-electron chi connectivity index (χ1n) is 6.54. The van der Waals surface area contributed by atoms with Gasteiger partial charge in [0.05, 0.1) is 0 Å². The van der Waals surface area contributed by atoms with Crippen LogP contribution >= 0.6 is 0 Å². The molecule has 2 aromatic carbocycles. The topological polar surface area (TPSA) is 0 Å². The van der Waals surface area contributed by atoms with Gasteiger partial charge in [-0.2, -0.15) is 0 Å². The normalized spacial score (nSPS) is 15.9. The second kappa shape index (κ2) is 4.37. The first kappa shape index (κ1) is 10.6. The van der Waals surface area contributed by atoms with Gasteiger partial charge in [-0.05, 0) is 60.1 Å². The van der Waals surface area contributed by atoms with E-state index in [1.54, 1.807) is 5.57 Å². The van der Waals surface area contributed by atoms with E-state index in [-0.39, 0.29) is 0 Å². The summed E-state index contributed by atoms with van der Waals surface area (Å²) < 4.78 is 0. The van der Waals surface area contributed by atoms with Crippen LogP contribution in [-0.4, -0.2) is 0 Å². The van der Waals surface area contributed by atoms with Crippen molar-refractivity contribution in [3.8, 4) is 0 Å². The van der Waals surface area contributed by atoms with Crippen LogP contribution < -0.4 is 0 Å². The highest BCUT2D eigenvalue weighted by atomic mass is 14.2. The minimum Gasteiger partial charge on any atom is -0.0807 e. The largest absolute Gasteiger partial charge is 0.0807 e. The van der Waals surface area contributed by atoms with Gasteiger partial charge >= 0.3 is 0 Å². The Balaban J connectivity index is 2.26. The van der Waals surface area contributed by atoms with Crippen molar-refractivity contribution in [1.82, 2.24) is 0 Å². The van der Waals surface area contributed by atoms with Gasteiger partial charge < -0.3 is 0 Å². The summed E-state index contributed by atoms with van der Waals surface area (Å²) in [7, 11) is 0. The maximum absolute atomic E-state index is 2.44. The lowest BCUT2D eigenvalue weighted by atomic mass is 9.88. The molecule has 0 unspecified atom stereocenters. The quantitative estimate of drug-likeness (QED) is 0.629. The Morgan fingerprint density at radius 1 is 0.941 bits per heavy atom. The van der Waals surface area contributed by atoms with Crippen molar-refractivity contribution < 1.29 is 0 Å². The van der Waals surface area contributed by atoms with Crippen LogP contribution in [0.5, 0.6) is 0 Å². The van der Waals surface area contributed by atoms with Crippen molar-refractivity contribution in [2.24, 2.45) is 0 Å². The molecule has 0 radical (unpaired) electrons. The fourth-order valence-electron chi connectivity index (χ4n) is 2.87. The molecular formula is C17H18. The number of hydrogen-bond donors (Lipinski definition) is 0. The van der Waals surface area contributed by atoms with Crippen molar-refractivity contribution in [3.05, 3.63) is 53.6 Å². The fraction of sp³-hybridized carbons (Fsp3) is 0.294. The third-order valence-corrected chi connectivity index (χ3v) is 3.75. The van der Waals surface area contributed by atoms with E-state index < -0.39 is 0 Å². The van der Waals surface area contributed by atoms with Gasteiger partial charge in [-0.3, -0.25) is 0 Å². The number of allylic oxidation sites excluding steroid dienone is 2. The molecule has 0 saturated heterocycles. The average molecular weight is 222 g/mol. The molecule has 0 heteroatoms. The van der Waals surface area contributed by atoms with Gasteiger partial charge in [0.25, 0.3) is 0 Å². The molecular weight excluding hydrogens is 204 g/mol. The molecule has 0 amide bonds. The van der Waals surface area contributed by atoms with E-state index in [2.05, 4.69) is 49.4 Å². The molecule has 0 aromatic heterocycles. The zero-order valence-corrected chi connectivity index (χ0v) is 10.4. The van der Waals surface area contributed by atoms with Gasteiger partial charge in [0.1, 0.15) is 0 Å². The average Bonchev–Trinajstić information content (AvgIpc) is 2.39. The van der Waals surface area contributed by atoms with Crippen LogP contribution in [0.3, 0.4) is 0 Å². The first-order chi connectivity index (χ1) is 8.36. The molecule has 86 valence electrons. The molecule has 3 rings (SSSR count). The minimum atomic E-state index is 1.24. The molecule has 0 saturated carbocycles. The first-order valence-corrected chi connectivity index (χ1v) is 6.54. The van der Waals surface area contributed by atoms with Crippen LogP contribution in [0.4, 0.5) is 0 Å². The van der Waals surface area contributed by atoms with Crippen molar-refractivity contribution in [1.29, 1.82) is 0 Å². The Bertz CT molecular complexity index is 576. The maximum Gasteiger partial charge on any atom is -0.0106 e. The van der Waals surface area contributed by atoms with Crippen molar-refractivity contribution in [3.63, 3.8) is 0 Å². The lowest BCUT2D eigenvalue weighted by Gasteiger charge is -2.17. The van der Waals surface area contributed by atoms with Gasteiger partial charge in [0.15, 0.2) is 0 Å². The lowest BCUT2D eigenvalue weighted by Crippen LogP contribution is -1.95. The highest BCUT2D eigenvalue weighted by Crippen LogP contribution is 2.33. The van der Waals surface area contributed by atoms with E-state index >= 15 is 0 Å². The maximum atomic E-state index is 2.44. The van der Waals surface area contributed by atoms with Gasteiger partial charge in [-0.15, -0.1) is 0 Å². The summed E-state index contributed by atoms with van der Waals surface area (Å²) in [5.74, 6) is 0. The van der Waals surface area contributed by atoms with Crippen LogP contribution in [0.2, 0.25) is 0 Å². The predicted octanol–water partition coefficient (Wildman–Crippen LogP) is 5.11. The van der Waals surface area contributed by atoms with E-state index in [1.165, 1.54) is 47.6 Å². The number of fused-ring (bicyclic) bond motifs is 1. The Kier molecular flexibility index (Phi) is 2.72.